The minimum absolute atomic E-state index is 0.576. The summed E-state index contributed by atoms with van der Waals surface area (Å²) in [5.74, 6) is 12.6. The van der Waals surface area contributed by atoms with Crippen molar-refractivity contribution in [2.75, 3.05) is 0 Å². The Morgan fingerprint density at radius 3 is 0.967 bits per heavy atom. The van der Waals surface area contributed by atoms with Gasteiger partial charge in [-0.1, -0.05) is 105 Å². The lowest BCUT2D eigenvalue weighted by Crippen LogP contribution is -2.55. The van der Waals surface area contributed by atoms with E-state index in [4.69, 9.17) is 0 Å². The molecule has 2 heteroatoms. The first-order valence-corrected chi connectivity index (χ1v) is 29.3. The third-order valence-electron chi connectivity index (χ3n) is 25.3. The van der Waals surface area contributed by atoms with Crippen LogP contribution in [0, 0.1) is 87.3 Å². The van der Waals surface area contributed by atoms with Crippen LogP contribution in [0.4, 0.5) is 0 Å². The Bertz CT molecular complexity index is 1400. The molecule has 0 bridgehead atoms. The normalized spacial score (nSPS) is 49.3. The van der Waals surface area contributed by atoms with Crippen LogP contribution < -0.4 is 0 Å². The molecule has 0 aromatic heterocycles. The van der Waals surface area contributed by atoms with E-state index in [1.54, 1.807) is 128 Å². The van der Waals surface area contributed by atoms with Crippen LogP contribution in [0.25, 0.3) is 0 Å². The molecule has 344 valence electrons. The van der Waals surface area contributed by atoms with Crippen molar-refractivity contribution in [3.05, 3.63) is 0 Å². The smallest absolute Gasteiger partial charge is 0.0104 e. The van der Waals surface area contributed by atoms with Gasteiger partial charge in [0, 0.05) is 36.3 Å². The number of nitrogens with zero attached hydrogens (tertiary/aromatic N) is 2. The monoisotopic (exact) mass is 835 g/mol. The van der Waals surface area contributed by atoms with Gasteiger partial charge in [-0.15, -0.1) is 0 Å². The van der Waals surface area contributed by atoms with E-state index in [-0.39, 0.29) is 0 Å². The SMILES string of the molecule is CC1(C)C2CCCCC2C2CCC(N(C3CCCCC3)C3CCC4C5CCC(N(C6CCCCC6)C6CCC7C8CCCCC8C(C)(C)C7C6)CC5C5(CCCC5)C4C3)CC21. The second-order valence-corrected chi connectivity index (χ2v) is 27.6. The van der Waals surface area contributed by atoms with Crippen LogP contribution in [0.5, 0.6) is 0 Å². The van der Waals surface area contributed by atoms with E-state index in [0.29, 0.717) is 16.2 Å². The fourth-order valence-electron chi connectivity index (χ4n) is 23.2. The summed E-state index contributed by atoms with van der Waals surface area (Å²) in [5.41, 5.74) is 1.85. The molecule has 0 aromatic carbocycles. The van der Waals surface area contributed by atoms with E-state index in [0.717, 1.165) is 107 Å². The summed E-state index contributed by atoms with van der Waals surface area (Å²) in [4.78, 5) is 6.89. The van der Waals surface area contributed by atoms with Gasteiger partial charge in [-0.05, 0) is 229 Å². The van der Waals surface area contributed by atoms with Crippen LogP contribution in [0.3, 0.4) is 0 Å². The molecule has 61 heavy (non-hydrogen) atoms. The topological polar surface area (TPSA) is 6.48 Å². The van der Waals surface area contributed by atoms with Gasteiger partial charge in [0.05, 0.1) is 0 Å². The Morgan fingerprint density at radius 2 is 0.574 bits per heavy atom. The average Bonchev–Trinajstić information content (AvgIpc) is 4.01. The molecule has 0 N–H and O–H groups in total. The maximum atomic E-state index is 3.44. The Morgan fingerprint density at radius 1 is 0.262 bits per heavy atom. The molecule has 1 spiro atoms. The molecule has 0 amide bonds. The summed E-state index contributed by atoms with van der Waals surface area (Å²) in [7, 11) is 0. The van der Waals surface area contributed by atoms with Crippen molar-refractivity contribution in [1.29, 1.82) is 0 Å². The Hall–Kier alpha value is -0.0800. The molecule has 0 aromatic rings. The van der Waals surface area contributed by atoms with Crippen LogP contribution in [-0.2, 0) is 0 Å². The zero-order chi connectivity index (χ0) is 41.1. The van der Waals surface area contributed by atoms with Crippen LogP contribution in [0.15, 0.2) is 0 Å². The summed E-state index contributed by atoms with van der Waals surface area (Å²) in [5, 5.41) is 0. The highest BCUT2D eigenvalue weighted by Gasteiger charge is 2.65. The Kier molecular flexibility index (Phi) is 11.5. The number of hydrogen-bond acceptors (Lipinski definition) is 2. The van der Waals surface area contributed by atoms with Crippen molar-refractivity contribution in [3.63, 3.8) is 0 Å². The van der Waals surface area contributed by atoms with E-state index >= 15 is 0 Å². The van der Waals surface area contributed by atoms with Crippen LogP contribution in [-0.4, -0.2) is 46.1 Å². The zero-order valence-corrected chi connectivity index (χ0v) is 40.8. The molecule has 12 fully saturated rings. The largest absolute Gasteiger partial charge is 0.294 e. The summed E-state index contributed by atoms with van der Waals surface area (Å²) in [6, 6.07) is 5.40. The molecule has 12 rings (SSSR count). The van der Waals surface area contributed by atoms with E-state index < -0.39 is 0 Å². The molecule has 12 saturated carbocycles. The molecule has 2 nitrogen and oxygen atoms in total. The molecule has 12 aliphatic carbocycles. The molecule has 0 saturated heterocycles. The van der Waals surface area contributed by atoms with Crippen molar-refractivity contribution in [3.8, 4) is 0 Å². The third kappa shape index (κ3) is 6.88. The van der Waals surface area contributed by atoms with E-state index in [1.165, 1.54) is 89.9 Å². The first-order valence-electron chi connectivity index (χ1n) is 29.3. The zero-order valence-electron chi connectivity index (χ0n) is 40.8. The van der Waals surface area contributed by atoms with E-state index in [1.807, 2.05) is 0 Å². The quantitative estimate of drug-likeness (QED) is 0.263. The Labute approximate surface area is 377 Å². The first-order chi connectivity index (χ1) is 29.7. The second-order valence-electron chi connectivity index (χ2n) is 27.6. The van der Waals surface area contributed by atoms with Crippen molar-refractivity contribution in [1.82, 2.24) is 9.80 Å². The summed E-state index contributed by atoms with van der Waals surface area (Å²) in [6.45, 7) is 11.1. The van der Waals surface area contributed by atoms with Gasteiger partial charge >= 0.3 is 0 Å². The molecular weight excluding hydrogens is 737 g/mol. The molecule has 0 radical (unpaired) electrons. The van der Waals surface area contributed by atoms with Crippen LogP contribution in [0.1, 0.15) is 246 Å². The summed E-state index contributed by atoms with van der Waals surface area (Å²) >= 11 is 0. The standard InChI is InChI=1S/C59H98N2/c1-57(2)51-23-13-11-21-45(51)47-29-25-41(35-53(47)57)60(39-17-7-5-8-18-39)43-27-31-49-50-32-28-44(38-56(50)59(55(49)37-43)33-15-16-34-59)61(40-19-9-6-10-20-40)42-26-30-48-46-22-12-14-24-52(46)58(3,4)54(48)36-42/h39-56H,5-38H2,1-4H3. The minimum Gasteiger partial charge on any atom is -0.294 e. The van der Waals surface area contributed by atoms with Crippen molar-refractivity contribution in [2.45, 2.75) is 282 Å². The van der Waals surface area contributed by atoms with Gasteiger partial charge < -0.3 is 0 Å². The van der Waals surface area contributed by atoms with Crippen molar-refractivity contribution >= 4 is 0 Å². The highest BCUT2D eigenvalue weighted by atomic mass is 15.2. The first kappa shape index (κ1) is 42.3. The molecule has 0 heterocycles. The number of fused-ring (bicyclic) bond motifs is 11. The lowest BCUT2D eigenvalue weighted by molar-refractivity contribution is -0.0406. The maximum Gasteiger partial charge on any atom is 0.0104 e. The maximum absolute atomic E-state index is 3.44. The predicted molar refractivity (Wildman–Crippen MR) is 255 cm³/mol. The second kappa shape index (κ2) is 16.6. The highest BCUT2D eigenvalue weighted by molar-refractivity contribution is 5.15. The van der Waals surface area contributed by atoms with Crippen molar-refractivity contribution < 1.29 is 0 Å². The van der Waals surface area contributed by atoms with Gasteiger partial charge in [-0.25, -0.2) is 0 Å². The molecule has 16 atom stereocenters. The van der Waals surface area contributed by atoms with E-state index in [9.17, 15) is 0 Å². The fourth-order valence-corrected chi connectivity index (χ4v) is 23.2. The van der Waals surface area contributed by atoms with Gasteiger partial charge in [0.25, 0.3) is 0 Å². The number of hydrogen-bond donors (Lipinski definition) is 0. The van der Waals surface area contributed by atoms with Crippen molar-refractivity contribution in [2.24, 2.45) is 87.3 Å². The highest BCUT2D eigenvalue weighted by Crippen LogP contribution is 2.71. The van der Waals surface area contributed by atoms with Crippen LogP contribution in [0.2, 0.25) is 0 Å². The number of rotatable bonds is 6. The molecular formula is C59H98N2. The summed E-state index contributed by atoms with van der Waals surface area (Å²) < 4.78 is 0. The molecule has 12 aliphatic rings. The van der Waals surface area contributed by atoms with Gasteiger partial charge in [0.15, 0.2) is 0 Å². The third-order valence-corrected chi connectivity index (χ3v) is 25.3. The average molecular weight is 835 g/mol. The molecule has 16 unspecified atom stereocenters. The van der Waals surface area contributed by atoms with Gasteiger partial charge in [-0.3, -0.25) is 9.80 Å². The van der Waals surface area contributed by atoms with Crippen LogP contribution >= 0.6 is 0 Å². The lowest BCUT2D eigenvalue weighted by Gasteiger charge is -2.53. The predicted octanol–water partition coefficient (Wildman–Crippen LogP) is 15.7. The van der Waals surface area contributed by atoms with Gasteiger partial charge in [0.1, 0.15) is 0 Å². The lowest BCUT2D eigenvalue weighted by atomic mass is 9.62. The minimum atomic E-state index is 0.576. The molecule has 0 aliphatic heterocycles. The fraction of sp³-hybridized carbons (Fsp3) is 1.00. The Balaban J connectivity index is 0.805. The summed E-state index contributed by atoms with van der Waals surface area (Å²) in [6.07, 6.45) is 52.9. The van der Waals surface area contributed by atoms with Gasteiger partial charge in [0.2, 0.25) is 0 Å². The van der Waals surface area contributed by atoms with E-state index in [2.05, 4.69) is 37.5 Å². The van der Waals surface area contributed by atoms with Gasteiger partial charge in [-0.2, -0.15) is 0 Å².